The number of amides is 1. The van der Waals surface area contributed by atoms with Gasteiger partial charge in [0.05, 0.1) is 18.0 Å². The van der Waals surface area contributed by atoms with Gasteiger partial charge >= 0.3 is 5.97 Å². The van der Waals surface area contributed by atoms with E-state index < -0.39 is 11.9 Å². The van der Waals surface area contributed by atoms with Crippen molar-refractivity contribution in [2.24, 2.45) is 11.8 Å². The van der Waals surface area contributed by atoms with E-state index in [1.54, 1.807) is 6.20 Å². The van der Waals surface area contributed by atoms with E-state index in [9.17, 15) is 9.59 Å². The summed E-state index contributed by atoms with van der Waals surface area (Å²) in [7, 11) is 0. The number of aromatic amines is 1. The third-order valence-corrected chi connectivity index (χ3v) is 4.03. The Morgan fingerprint density at radius 3 is 2.85 bits per heavy atom. The van der Waals surface area contributed by atoms with Gasteiger partial charge in [-0.05, 0) is 38.2 Å². The Labute approximate surface area is 118 Å². The largest absolute Gasteiger partial charge is 0.481 e. The van der Waals surface area contributed by atoms with Gasteiger partial charge in [-0.1, -0.05) is 6.42 Å². The molecule has 2 rings (SSSR count). The number of aryl methyl sites for hydroxylation is 2. The van der Waals surface area contributed by atoms with E-state index in [1.165, 1.54) is 0 Å². The zero-order valence-electron chi connectivity index (χ0n) is 11.7. The first-order valence-corrected chi connectivity index (χ1v) is 7.09. The molecule has 0 radical (unpaired) electrons. The molecule has 1 amide bonds. The molecule has 0 spiro atoms. The fourth-order valence-corrected chi connectivity index (χ4v) is 2.82. The first kappa shape index (κ1) is 14.6. The summed E-state index contributed by atoms with van der Waals surface area (Å²) in [5.41, 5.74) is 2.21. The van der Waals surface area contributed by atoms with E-state index in [0.29, 0.717) is 19.4 Å². The fourth-order valence-electron chi connectivity index (χ4n) is 2.82. The summed E-state index contributed by atoms with van der Waals surface area (Å²) in [4.78, 5) is 23.0. The van der Waals surface area contributed by atoms with Gasteiger partial charge in [0.15, 0.2) is 0 Å². The highest BCUT2D eigenvalue weighted by Gasteiger charge is 2.37. The Balaban J connectivity index is 1.72. The average Bonchev–Trinajstić information content (AvgIpc) is 3.03. The van der Waals surface area contributed by atoms with Crippen LogP contribution in [0.25, 0.3) is 0 Å². The predicted molar refractivity (Wildman–Crippen MR) is 73.1 cm³/mol. The zero-order valence-corrected chi connectivity index (χ0v) is 11.7. The Bertz CT molecular complexity index is 484. The Morgan fingerprint density at radius 2 is 2.20 bits per heavy atom. The van der Waals surface area contributed by atoms with Crippen LogP contribution in [0.15, 0.2) is 6.20 Å². The minimum atomic E-state index is -0.850. The van der Waals surface area contributed by atoms with Crippen molar-refractivity contribution in [3.63, 3.8) is 0 Å². The SMILES string of the molecule is Cc1[nH]ncc1CCCNC(=O)[C@@H]1CCC[C@@H]1C(=O)O. The number of carboxylic acids is 1. The van der Waals surface area contributed by atoms with E-state index in [-0.39, 0.29) is 11.8 Å². The smallest absolute Gasteiger partial charge is 0.307 e. The van der Waals surface area contributed by atoms with Crippen molar-refractivity contribution in [2.75, 3.05) is 6.54 Å². The monoisotopic (exact) mass is 279 g/mol. The molecular formula is C14H21N3O3. The van der Waals surface area contributed by atoms with Crippen molar-refractivity contribution >= 4 is 11.9 Å². The molecule has 1 aromatic heterocycles. The lowest BCUT2D eigenvalue weighted by Crippen LogP contribution is -2.35. The van der Waals surface area contributed by atoms with Gasteiger partial charge in [-0.2, -0.15) is 5.10 Å². The first-order valence-electron chi connectivity index (χ1n) is 7.09. The summed E-state index contributed by atoms with van der Waals surface area (Å²) in [5.74, 6) is -1.83. The number of aliphatic carboxylic acids is 1. The maximum atomic E-state index is 12.0. The second-order valence-electron chi connectivity index (χ2n) is 5.40. The molecule has 0 aromatic carbocycles. The van der Waals surface area contributed by atoms with Crippen LogP contribution in [0.3, 0.4) is 0 Å². The molecule has 1 saturated carbocycles. The zero-order chi connectivity index (χ0) is 14.5. The molecule has 0 bridgehead atoms. The van der Waals surface area contributed by atoms with Crippen LogP contribution in [0.4, 0.5) is 0 Å². The normalized spacial score (nSPS) is 21.9. The van der Waals surface area contributed by atoms with Crippen LogP contribution in [0.5, 0.6) is 0 Å². The van der Waals surface area contributed by atoms with E-state index in [4.69, 9.17) is 5.11 Å². The highest BCUT2D eigenvalue weighted by Crippen LogP contribution is 2.31. The maximum Gasteiger partial charge on any atom is 0.307 e. The van der Waals surface area contributed by atoms with E-state index in [2.05, 4.69) is 15.5 Å². The number of nitrogens with one attached hydrogen (secondary N) is 2. The quantitative estimate of drug-likeness (QED) is 0.683. The molecule has 6 nitrogen and oxygen atoms in total. The summed E-state index contributed by atoms with van der Waals surface area (Å²) in [6.45, 7) is 2.54. The predicted octanol–water partition coefficient (Wildman–Crippen LogP) is 1.27. The average molecular weight is 279 g/mol. The molecule has 0 saturated heterocycles. The molecule has 0 unspecified atom stereocenters. The van der Waals surface area contributed by atoms with Gasteiger partial charge < -0.3 is 10.4 Å². The second kappa shape index (κ2) is 6.54. The molecule has 6 heteroatoms. The van der Waals surface area contributed by atoms with Gasteiger partial charge in [-0.15, -0.1) is 0 Å². The number of carboxylic acid groups (broad SMARTS) is 1. The molecular weight excluding hydrogens is 258 g/mol. The summed E-state index contributed by atoms with van der Waals surface area (Å²) in [5, 5.41) is 18.8. The molecule has 1 fully saturated rings. The van der Waals surface area contributed by atoms with Gasteiger partial charge in [0.2, 0.25) is 5.91 Å². The molecule has 20 heavy (non-hydrogen) atoms. The molecule has 3 N–H and O–H groups in total. The number of nitrogens with zero attached hydrogens (tertiary/aromatic N) is 1. The molecule has 1 aromatic rings. The Morgan fingerprint density at radius 1 is 1.45 bits per heavy atom. The maximum absolute atomic E-state index is 12.0. The third-order valence-electron chi connectivity index (χ3n) is 4.03. The van der Waals surface area contributed by atoms with Crippen LogP contribution in [0.2, 0.25) is 0 Å². The number of hydrogen-bond acceptors (Lipinski definition) is 3. The lowest BCUT2D eigenvalue weighted by atomic mass is 9.95. The third kappa shape index (κ3) is 3.37. The van der Waals surface area contributed by atoms with Crippen LogP contribution >= 0.6 is 0 Å². The topological polar surface area (TPSA) is 95.1 Å². The highest BCUT2D eigenvalue weighted by atomic mass is 16.4. The van der Waals surface area contributed by atoms with Crippen molar-refractivity contribution in [2.45, 2.75) is 39.0 Å². The van der Waals surface area contributed by atoms with Gasteiger partial charge in [-0.3, -0.25) is 14.7 Å². The first-order chi connectivity index (χ1) is 9.59. The molecule has 110 valence electrons. The van der Waals surface area contributed by atoms with Crippen LogP contribution < -0.4 is 5.32 Å². The Hall–Kier alpha value is -1.85. The molecule has 1 aliphatic carbocycles. The van der Waals surface area contributed by atoms with Crippen molar-refractivity contribution in [1.29, 1.82) is 0 Å². The number of H-pyrrole nitrogens is 1. The number of carbonyl (C=O) groups is 2. The van der Waals surface area contributed by atoms with Crippen molar-refractivity contribution < 1.29 is 14.7 Å². The van der Waals surface area contributed by atoms with Crippen molar-refractivity contribution in [3.05, 3.63) is 17.5 Å². The van der Waals surface area contributed by atoms with Crippen molar-refractivity contribution in [1.82, 2.24) is 15.5 Å². The number of rotatable bonds is 6. The molecule has 1 heterocycles. The lowest BCUT2D eigenvalue weighted by molar-refractivity contribution is -0.146. The number of carbonyl (C=O) groups excluding carboxylic acids is 1. The van der Waals surface area contributed by atoms with Crippen LogP contribution in [-0.4, -0.2) is 33.7 Å². The van der Waals surface area contributed by atoms with Gasteiger partial charge in [-0.25, -0.2) is 0 Å². The van der Waals surface area contributed by atoms with E-state index in [0.717, 1.165) is 30.5 Å². The minimum Gasteiger partial charge on any atom is -0.481 e. The van der Waals surface area contributed by atoms with Crippen molar-refractivity contribution in [3.8, 4) is 0 Å². The fraction of sp³-hybridized carbons (Fsp3) is 0.643. The van der Waals surface area contributed by atoms with Gasteiger partial charge in [0, 0.05) is 12.2 Å². The molecule has 2 atom stereocenters. The van der Waals surface area contributed by atoms with E-state index >= 15 is 0 Å². The van der Waals surface area contributed by atoms with Gasteiger partial charge in [0.25, 0.3) is 0 Å². The lowest BCUT2D eigenvalue weighted by Gasteiger charge is -2.15. The molecule has 0 aliphatic heterocycles. The number of aromatic nitrogens is 2. The minimum absolute atomic E-state index is 0.112. The standard InChI is InChI=1S/C14H21N3O3/c1-9-10(8-16-17-9)4-3-7-15-13(18)11-5-2-6-12(11)14(19)20/h8,11-12H,2-7H2,1H3,(H,15,18)(H,16,17)(H,19,20)/t11-,12+/m1/s1. The summed E-state index contributed by atoms with van der Waals surface area (Å²) >= 11 is 0. The number of hydrogen-bond donors (Lipinski definition) is 3. The van der Waals surface area contributed by atoms with E-state index in [1.807, 2.05) is 6.92 Å². The van der Waals surface area contributed by atoms with Gasteiger partial charge in [0.1, 0.15) is 0 Å². The highest BCUT2D eigenvalue weighted by molar-refractivity contribution is 5.85. The van der Waals surface area contributed by atoms with Crippen LogP contribution in [0.1, 0.15) is 36.9 Å². The molecule has 1 aliphatic rings. The van der Waals surface area contributed by atoms with Crippen LogP contribution in [0, 0.1) is 18.8 Å². The summed E-state index contributed by atoms with van der Waals surface area (Å²) in [6, 6.07) is 0. The Kier molecular flexibility index (Phi) is 4.76. The summed E-state index contributed by atoms with van der Waals surface area (Å²) < 4.78 is 0. The van der Waals surface area contributed by atoms with Crippen LogP contribution in [-0.2, 0) is 16.0 Å². The second-order valence-corrected chi connectivity index (χ2v) is 5.40. The summed E-state index contributed by atoms with van der Waals surface area (Å²) in [6.07, 6.45) is 5.61.